The van der Waals surface area contributed by atoms with Gasteiger partial charge in [-0.3, -0.25) is 4.79 Å². The van der Waals surface area contributed by atoms with Gasteiger partial charge in [0.1, 0.15) is 11.9 Å². The fourth-order valence-corrected chi connectivity index (χ4v) is 3.22. The third kappa shape index (κ3) is 3.61. The van der Waals surface area contributed by atoms with E-state index in [1.54, 1.807) is 0 Å². The number of para-hydroxylation sites is 1. The number of benzene rings is 1. The Hall–Kier alpha value is -1.55. The van der Waals surface area contributed by atoms with E-state index in [1.165, 1.54) is 5.56 Å². The second kappa shape index (κ2) is 7.14. The van der Waals surface area contributed by atoms with Crippen LogP contribution in [0.25, 0.3) is 0 Å². The number of hydrogen-bond donors (Lipinski definition) is 0. The smallest absolute Gasteiger partial charge is 0.251 e. The Morgan fingerprint density at radius 3 is 2.73 bits per heavy atom. The number of nitrogens with zero attached hydrogens (tertiary/aromatic N) is 1. The first-order valence-electron chi connectivity index (χ1n) is 8.33. The van der Waals surface area contributed by atoms with Gasteiger partial charge in [0.15, 0.2) is 0 Å². The molecule has 0 saturated carbocycles. The molecule has 1 aromatic rings. The Balaban J connectivity index is 1.44. The second-order valence-electron chi connectivity index (χ2n) is 6.35. The molecule has 4 nitrogen and oxygen atoms in total. The van der Waals surface area contributed by atoms with E-state index in [9.17, 15) is 4.79 Å². The number of rotatable bonds is 4. The van der Waals surface area contributed by atoms with Gasteiger partial charge in [-0.25, -0.2) is 0 Å². The highest BCUT2D eigenvalue weighted by atomic mass is 16.5. The van der Waals surface area contributed by atoms with Gasteiger partial charge in [-0.05, 0) is 50.2 Å². The lowest BCUT2D eigenvalue weighted by Gasteiger charge is -2.33. The normalized spacial score (nSPS) is 22.8. The van der Waals surface area contributed by atoms with Gasteiger partial charge in [-0.1, -0.05) is 18.2 Å². The van der Waals surface area contributed by atoms with E-state index in [0.717, 1.165) is 57.7 Å². The van der Waals surface area contributed by atoms with Crippen LogP contribution in [0.1, 0.15) is 31.2 Å². The van der Waals surface area contributed by atoms with Gasteiger partial charge >= 0.3 is 0 Å². The number of aryl methyl sites for hydroxylation is 1. The summed E-state index contributed by atoms with van der Waals surface area (Å²) >= 11 is 0. The summed E-state index contributed by atoms with van der Waals surface area (Å²) < 4.78 is 11.4. The van der Waals surface area contributed by atoms with Gasteiger partial charge < -0.3 is 14.4 Å². The second-order valence-corrected chi connectivity index (χ2v) is 6.35. The molecule has 1 aromatic carbocycles. The quantitative estimate of drug-likeness (QED) is 0.858. The Bertz CT molecular complexity index is 503. The molecule has 4 heteroatoms. The molecule has 0 radical (unpaired) electrons. The topological polar surface area (TPSA) is 38.8 Å². The molecular formula is C18H25NO3. The molecule has 0 aromatic heterocycles. The Kier molecular flexibility index (Phi) is 4.98. The van der Waals surface area contributed by atoms with Crippen LogP contribution >= 0.6 is 0 Å². The summed E-state index contributed by atoms with van der Waals surface area (Å²) in [5.74, 6) is 1.70. The van der Waals surface area contributed by atoms with Crippen molar-refractivity contribution in [3.8, 4) is 5.75 Å². The van der Waals surface area contributed by atoms with Crippen molar-refractivity contribution in [2.24, 2.45) is 5.92 Å². The summed E-state index contributed by atoms with van der Waals surface area (Å²) in [6.07, 6.45) is 3.75. The summed E-state index contributed by atoms with van der Waals surface area (Å²) in [5.41, 5.74) is 1.17. The summed E-state index contributed by atoms with van der Waals surface area (Å²) in [6.45, 7) is 5.21. The predicted molar refractivity (Wildman–Crippen MR) is 85.0 cm³/mol. The maximum Gasteiger partial charge on any atom is 0.251 e. The van der Waals surface area contributed by atoms with Crippen molar-refractivity contribution in [1.82, 2.24) is 4.90 Å². The van der Waals surface area contributed by atoms with E-state index in [0.29, 0.717) is 5.92 Å². The molecule has 2 fully saturated rings. The van der Waals surface area contributed by atoms with Gasteiger partial charge in [-0.15, -0.1) is 0 Å². The molecule has 2 aliphatic rings. The molecule has 1 unspecified atom stereocenters. The Morgan fingerprint density at radius 1 is 1.27 bits per heavy atom. The zero-order chi connectivity index (χ0) is 15.4. The van der Waals surface area contributed by atoms with E-state index < -0.39 is 0 Å². The predicted octanol–water partition coefficient (Wildman–Crippen LogP) is 2.79. The van der Waals surface area contributed by atoms with Crippen molar-refractivity contribution < 1.29 is 14.3 Å². The van der Waals surface area contributed by atoms with Crippen LogP contribution in [-0.2, 0) is 9.53 Å². The first-order valence-corrected chi connectivity index (χ1v) is 8.33. The van der Waals surface area contributed by atoms with Crippen LogP contribution in [0, 0.1) is 12.8 Å². The van der Waals surface area contributed by atoms with Crippen LogP contribution < -0.4 is 4.74 Å². The maximum absolute atomic E-state index is 12.3. The van der Waals surface area contributed by atoms with Crippen LogP contribution in [0.3, 0.4) is 0 Å². The lowest BCUT2D eigenvalue weighted by atomic mass is 9.97. The molecule has 0 N–H and O–H groups in total. The molecule has 1 atom stereocenters. The molecule has 1 amide bonds. The average Bonchev–Trinajstić information content (AvgIpc) is 3.08. The van der Waals surface area contributed by atoms with Gasteiger partial charge in [0.2, 0.25) is 0 Å². The van der Waals surface area contributed by atoms with Crippen molar-refractivity contribution in [3.05, 3.63) is 29.8 Å². The standard InChI is InChI=1S/C18H25NO3/c1-14-5-2-3-6-16(14)22-13-15-8-10-19(11-9-15)18(20)17-7-4-12-21-17/h2-3,5-6,15,17H,4,7-13H2,1H3. The summed E-state index contributed by atoms with van der Waals surface area (Å²) in [7, 11) is 0. The minimum absolute atomic E-state index is 0.181. The third-order valence-corrected chi connectivity index (χ3v) is 4.70. The molecule has 0 aliphatic carbocycles. The lowest BCUT2D eigenvalue weighted by Crippen LogP contribution is -2.44. The number of likely N-dealkylation sites (tertiary alicyclic amines) is 1. The lowest BCUT2D eigenvalue weighted by molar-refractivity contribution is -0.142. The van der Waals surface area contributed by atoms with Crippen molar-refractivity contribution in [2.45, 2.75) is 38.7 Å². The molecule has 0 bridgehead atoms. The molecule has 2 aliphatic heterocycles. The fourth-order valence-electron chi connectivity index (χ4n) is 3.22. The van der Waals surface area contributed by atoms with E-state index in [2.05, 4.69) is 13.0 Å². The van der Waals surface area contributed by atoms with E-state index >= 15 is 0 Å². The first kappa shape index (κ1) is 15.3. The van der Waals surface area contributed by atoms with Crippen LogP contribution in [0.4, 0.5) is 0 Å². The number of piperidine rings is 1. The highest BCUT2D eigenvalue weighted by molar-refractivity contribution is 5.81. The molecule has 2 saturated heterocycles. The summed E-state index contributed by atoms with van der Waals surface area (Å²) in [4.78, 5) is 14.3. The summed E-state index contributed by atoms with van der Waals surface area (Å²) in [5, 5.41) is 0. The molecule has 3 rings (SSSR count). The average molecular weight is 303 g/mol. The van der Waals surface area contributed by atoms with E-state index in [4.69, 9.17) is 9.47 Å². The van der Waals surface area contributed by atoms with Crippen LogP contribution in [0.15, 0.2) is 24.3 Å². The fraction of sp³-hybridized carbons (Fsp3) is 0.611. The highest BCUT2D eigenvalue weighted by Gasteiger charge is 2.30. The zero-order valence-corrected chi connectivity index (χ0v) is 13.3. The van der Waals surface area contributed by atoms with E-state index in [1.807, 2.05) is 23.1 Å². The van der Waals surface area contributed by atoms with Gasteiger partial charge in [-0.2, -0.15) is 0 Å². The number of hydrogen-bond acceptors (Lipinski definition) is 3. The highest BCUT2D eigenvalue weighted by Crippen LogP contribution is 2.23. The molecule has 120 valence electrons. The minimum Gasteiger partial charge on any atom is -0.493 e. The number of ether oxygens (including phenoxy) is 2. The molecule has 2 heterocycles. The Morgan fingerprint density at radius 2 is 2.05 bits per heavy atom. The molecule has 22 heavy (non-hydrogen) atoms. The van der Waals surface area contributed by atoms with Crippen molar-refractivity contribution in [3.63, 3.8) is 0 Å². The largest absolute Gasteiger partial charge is 0.493 e. The third-order valence-electron chi connectivity index (χ3n) is 4.70. The first-order chi connectivity index (χ1) is 10.7. The van der Waals surface area contributed by atoms with Crippen LogP contribution in [0.2, 0.25) is 0 Å². The van der Waals surface area contributed by atoms with Crippen molar-refractivity contribution in [2.75, 3.05) is 26.3 Å². The SMILES string of the molecule is Cc1ccccc1OCC1CCN(C(=O)C2CCCO2)CC1. The molecule has 0 spiro atoms. The maximum atomic E-state index is 12.3. The minimum atomic E-state index is -0.181. The van der Waals surface area contributed by atoms with Crippen molar-refractivity contribution >= 4 is 5.91 Å². The number of amides is 1. The van der Waals surface area contributed by atoms with Gasteiger partial charge in [0.05, 0.1) is 6.61 Å². The number of carbonyl (C=O) groups is 1. The number of carbonyl (C=O) groups excluding carboxylic acids is 1. The van der Waals surface area contributed by atoms with Crippen LogP contribution in [0.5, 0.6) is 5.75 Å². The molecular weight excluding hydrogens is 278 g/mol. The van der Waals surface area contributed by atoms with Crippen molar-refractivity contribution in [1.29, 1.82) is 0 Å². The zero-order valence-electron chi connectivity index (χ0n) is 13.3. The summed E-state index contributed by atoms with van der Waals surface area (Å²) in [6, 6.07) is 8.12. The monoisotopic (exact) mass is 303 g/mol. The Labute approximate surface area is 132 Å². The van der Waals surface area contributed by atoms with Crippen LogP contribution in [-0.4, -0.2) is 43.2 Å². The van der Waals surface area contributed by atoms with Gasteiger partial charge in [0, 0.05) is 19.7 Å². The van der Waals surface area contributed by atoms with Gasteiger partial charge in [0.25, 0.3) is 5.91 Å². The van der Waals surface area contributed by atoms with E-state index in [-0.39, 0.29) is 12.0 Å².